The zero-order valence-corrected chi connectivity index (χ0v) is 24.4. The highest BCUT2D eigenvalue weighted by molar-refractivity contribution is 5.76. The lowest BCUT2D eigenvalue weighted by Crippen LogP contribution is -2.33. The third-order valence-corrected chi connectivity index (χ3v) is 9.25. The molecule has 0 bridgehead atoms. The van der Waals surface area contributed by atoms with Gasteiger partial charge in [-0.25, -0.2) is 18.7 Å². The monoisotopic (exact) mass is 598 g/mol. The number of nitrogens with one attached hydrogen (secondary N) is 2. The van der Waals surface area contributed by atoms with Crippen LogP contribution in [-0.4, -0.2) is 69.4 Å². The van der Waals surface area contributed by atoms with Crippen molar-refractivity contribution in [2.45, 2.75) is 96.2 Å². The average Bonchev–Trinajstić information content (AvgIpc) is 3.36. The molecular formula is C32H48F2N8O. The molecule has 0 spiro atoms. The predicted octanol–water partition coefficient (Wildman–Crippen LogP) is 6.40. The van der Waals surface area contributed by atoms with E-state index < -0.39 is 11.6 Å². The maximum absolute atomic E-state index is 14.6. The Morgan fingerprint density at radius 1 is 0.953 bits per heavy atom. The number of hydrogen-bond acceptors (Lipinski definition) is 8. The van der Waals surface area contributed by atoms with Gasteiger partial charge in [0, 0.05) is 37.3 Å². The molecule has 3 heterocycles. The zero-order valence-electron chi connectivity index (χ0n) is 24.4. The summed E-state index contributed by atoms with van der Waals surface area (Å²) in [7, 11) is 0. The number of likely N-dealkylation sites (tertiary alicyclic amines) is 1. The number of halogens is 2. The van der Waals surface area contributed by atoms with Gasteiger partial charge in [0.25, 0.3) is 0 Å². The number of anilines is 3. The Labute approximate surface area is 254 Å². The van der Waals surface area contributed by atoms with Crippen molar-refractivity contribution in [3.05, 3.63) is 36.0 Å². The molecule has 4 N–H and O–H groups in total. The fraction of sp³-hybridized carbons (Fsp3) is 0.656. The molecule has 236 valence electrons. The second kappa shape index (κ2) is 14.7. The van der Waals surface area contributed by atoms with Crippen molar-refractivity contribution in [3.8, 4) is 0 Å². The molecule has 2 aliphatic carbocycles. The van der Waals surface area contributed by atoms with Gasteiger partial charge in [-0.3, -0.25) is 4.57 Å². The lowest BCUT2D eigenvalue weighted by molar-refractivity contribution is 0.0587. The molecule has 3 aromatic rings. The van der Waals surface area contributed by atoms with Crippen LogP contribution in [0.3, 0.4) is 0 Å². The lowest BCUT2D eigenvalue weighted by atomic mass is 9.86. The number of fused-ring (bicyclic) bond motifs is 1. The van der Waals surface area contributed by atoms with Crippen LogP contribution in [0.25, 0.3) is 11.2 Å². The standard InChI is InChI=1S/C31H44F2N8O.CH4/c32-22-6-13-27(26(33)18-22)37-31-38-28-19-35-30(36-24-9-7-23(34)8-10-24)39-29(28)41(31)25-11-4-21(5-12-25)20-42-17-16-40-14-2-1-3-15-40;/h6,13,18-19,21,23-25H,1-5,7-12,14-17,20,34H2,(H,37,38)(H,35,36,39);1H4. The van der Waals surface area contributed by atoms with E-state index in [9.17, 15) is 8.78 Å². The molecule has 9 nitrogen and oxygen atoms in total. The highest BCUT2D eigenvalue weighted by Gasteiger charge is 2.28. The molecule has 43 heavy (non-hydrogen) atoms. The molecular weight excluding hydrogens is 550 g/mol. The summed E-state index contributed by atoms with van der Waals surface area (Å²) in [5.41, 5.74) is 7.62. The first-order chi connectivity index (χ1) is 20.5. The molecule has 0 atom stereocenters. The van der Waals surface area contributed by atoms with Gasteiger partial charge in [0.15, 0.2) is 5.65 Å². The second-order valence-corrected chi connectivity index (χ2v) is 12.4. The van der Waals surface area contributed by atoms with E-state index in [1.165, 1.54) is 44.5 Å². The summed E-state index contributed by atoms with van der Waals surface area (Å²) in [5.74, 6) is 0.301. The number of nitrogens with two attached hydrogens (primary N) is 1. The molecule has 0 unspecified atom stereocenters. The summed E-state index contributed by atoms with van der Waals surface area (Å²) in [5, 5.41) is 6.62. The number of ether oxygens (including phenoxy) is 1. The van der Waals surface area contributed by atoms with Crippen molar-refractivity contribution in [2.24, 2.45) is 11.7 Å². The third kappa shape index (κ3) is 7.99. The topological polar surface area (TPSA) is 106 Å². The van der Waals surface area contributed by atoms with Crippen LogP contribution in [0.15, 0.2) is 24.4 Å². The Kier molecular flexibility index (Phi) is 10.8. The summed E-state index contributed by atoms with van der Waals surface area (Å²) in [6, 6.07) is 4.22. The number of piperidine rings is 1. The zero-order chi connectivity index (χ0) is 28.9. The highest BCUT2D eigenvalue weighted by Crippen LogP contribution is 2.37. The van der Waals surface area contributed by atoms with E-state index in [0.717, 1.165) is 77.2 Å². The van der Waals surface area contributed by atoms with Gasteiger partial charge in [0.2, 0.25) is 11.9 Å². The quantitative estimate of drug-likeness (QED) is 0.230. The van der Waals surface area contributed by atoms with Crippen molar-refractivity contribution in [1.82, 2.24) is 24.4 Å². The Hall–Kier alpha value is -2.89. The van der Waals surface area contributed by atoms with E-state index in [0.29, 0.717) is 29.0 Å². The Balaban J connectivity index is 0.00000368. The number of rotatable bonds is 10. The summed E-state index contributed by atoms with van der Waals surface area (Å²) < 4.78 is 36.4. The van der Waals surface area contributed by atoms with E-state index in [-0.39, 0.29) is 31.2 Å². The minimum absolute atomic E-state index is 0. The van der Waals surface area contributed by atoms with E-state index in [4.69, 9.17) is 20.4 Å². The number of imidazole rings is 1. The van der Waals surface area contributed by atoms with Crippen LogP contribution < -0.4 is 16.4 Å². The van der Waals surface area contributed by atoms with E-state index in [2.05, 4.69) is 25.1 Å². The van der Waals surface area contributed by atoms with Gasteiger partial charge in [0.1, 0.15) is 17.2 Å². The van der Waals surface area contributed by atoms with Crippen LogP contribution in [0, 0.1) is 17.6 Å². The maximum Gasteiger partial charge on any atom is 0.224 e. The van der Waals surface area contributed by atoms with Crippen molar-refractivity contribution >= 4 is 28.7 Å². The van der Waals surface area contributed by atoms with Crippen molar-refractivity contribution < 1.29 is 13.5 Å². The van der Waals surface area contributed by atoms with Gasteiger partial charge >= 0.3 is 0 Å². The number of benzene rings is 1. The minimum Gasteiger partial charge on any atom is -0.380 e. The molecule has 6 rings (SSSR count). The van der Waals surface area contributed by atoms with Crippen molar-refractivity contribution in [3.63, 3.8) is 0 Å². The summed E-state index contributed by atoms with van der Waals surface area (Å²) in [6.45, 7) is 5.00. The molecule has 1 aliphatic heterocycles. The molecule has 1 saturated heterocycles. The first-order valence-electron chi connectivity index (χ1n) is 15.8. The Morgan fingerprint density at radius 2 is 1.72 bits per heavy atom. The number of hydrogen-bond donors (Lipinski definition) is 3. The van der Waals surface area contributed by atoms with Gasteiger partial charge in [0.05, 0.1) is 18.5 Å². The Morgan fingerprint density at radius 3 is 2.47 bits per heavy atom. The Bertz CT molecular complexity index is 1310. The van der Waals surface area contributed by atoms with E-state index in [1.54, 1.807) is 6.20 Å². The molecule has 2 aromatic heterocycles. The molecule has 3 aliphatic rings. The van der Waals surface area contributed by atoms with Gasteiger partial charge in [-0.2, -0.15) is 4.98 Å². The third-order valence-electron chi connectivity index (χ3n) is 9.25. The fourth-order valence-corrected chi connectivity index (χ4v) is 6.75. The van der Waals surface area contributed by atoms with Crippen LogP contribution in [0.2, 0.25) is 0 Å². The minimum atomic E-state index is -0.664. The van der Waals surface area contributed by atoms with Gasteiger partial charge in [-0.15, -0.1) is 0 Å². The first kappa shape index (κ1) is 31.5. The smallest absolute Gasteiger partial charge is 0.224 e. The van der Waals surface area contributed by atoms with Crippen molar-refractivity contribution in [1.29, 1.82) is 0 Å². The number of aromatic nitrogens is 4. The number of nitrogens with zero attached hydrogens (tertiary/aromatic N) is 5. The van der Waals surface area contributed by atoms with Gasteiger partial charge in [-0.1, -0.05) is 13.8 Å². The van der Waals surface area contributed by atoms with Gasteiger partial charge < -0.3 is 26.0 Å². The van der Waals surface area contributed by atoms with Gasteiger partial charge in [-0.05, 0) is 95.3 Å². The summed E-state index contributed by atoms with van der Waals surface area (Å²) >= 11 is 0. The maximum atomic E-state index is 14.6. The van der Waals surface area contributed by atoms with Crippen LogP contribution in [-0.2, 0) is 4.74 Å². The normalized spacial score (nSPS) is 24.9. The van der Waals surface area contributed by atoms with Crippen LogP contribution in [0.4, 0.5) is 26.4 Å². The molecule has 11 heteroatoms. The van der Waals surface area contributed by atoms with Crippen LogP contribution in [0.1, 0.15) is 84.1 Å². The fourth-order valence-electron chi connectivity index (χ4n) is 6.75. The molecule has 3 fully saturated rings. The first-order valence-corrected chi connectivity index (χ1v) is 15.8. The lowest BCUT2D eigenvalue weighted by Gasteiger charge is -2.31. The molecule has 0 amide bonds. The SMILES string of the molecule is C.NC1CCC(Nc2ncc3nc(Nc4ccc(F)cc4F)n(C4CCC(COCCN5CCCCC5)CC4)c3n2)CC1. The second-order valence-electron chi connectivity index (χ2n) is 12.4. The molecule has 0 radical (unpaired) electrons. The molecule has 1 aromatic carbocycles. The average molecular weight is 599 g/mol. The predicted molar refractivity (Wildman–Crippen MR) is 168 cm³/mol. The largest absolute Gasteiger partial charge is 0.380 e. The van der Waals surface area contributed by atoms with Crippen LogP contribution in [0.5, 0.6) is 0 Å². The summed E-state index contributed by atoms with van der Waals surface area (Å²) in [4.78, 5) is 16.7. The highest BCUT2D eigenvalue weighted by atomic mass is 19.1. The van der Waals surface area contributed by atoms with Crippen LogP contribution >= 0.6 is 0 Å². The van der Waals surface area contributed by atoms with E-state index in [1.807, 2.05) is 0 Å². The van der Waals surface area contributed by atoms with E-state index >= 15 is 0 Å². The summed E-state index contributed by atoms with van der Waals surface area (Å²) in [6.07, 6.45) is 13.6. The molecule has 2 saturated carbocycles. The van der Waals surface area contributed by atoms with Crippen molar-refractivity contribution in [2.75, 3.05) is 43.5 Å².